The van der Waals surface area contributed by atoms with Gasteiger partial charge in [-0.25, -0.2) is 0 Å². The Bertz CT molecular complexity index is 261. The van der Waals surface area contributed by atoms with Crippen molar-refractivity contribution in [2.24, 2.45) is 5.92 Å². The summed E-state index contributed by atoms with van der Waals surface area (Å²) in [7, 11) is 0. The number of hydrogen-bond donors (Lipinski definition) is 1. The van der Waals surface area contributed by atoms with Crippen LogP contribution in [0.25, 0.3) is 0 Å². The molecule has 106 valence electrons. The summed E-state index contributed by atoms with van der Waals surface area (Å²) in [6.07, 6.45) is 0.0647. The molecule has 0 aromatic heterocycles. The molecule has 2 unspecified atom stereocenters. The van der Waals surface area contributed by atoms with Crippen LogP contribution in [0.3, 0.4) is 0 Å². The second kappa shape index (κ2) is 5.78. The van der Waals surface area contributed by atoms with Gasteiger partial charge in [-0.1, -0.05) is 0 Å². The first-order valence-corrected chi connectivity index (χ1v) is 6.89. The van der Waals surface area contributed by atoms with Crippen LogP contribution < -0.4 is 5.32 Å². The third-order valence-electron chi connectivity index (χ3n) is 4.15. The minimum Gasteiger partial charge on any atom is -0.378 e. The zero-order valence-corrected chi connectivity index (χ0v) is 10.8. The third-order valence-corrected chi connectivity index (χ3v) is 4.15. The smallest absolute Gasteiger partial charge is 0.378 e. The Morgan fingerprint density at radius 2 is 1.67 bits per heavy atom. The summed E-state index contributed by atoms with van der Waals surface area (Å²) < 4.78 is 43.1. The van der Waals surface area contributed by atoms with Crippen LogP contribution in [-0.4, -0.2) is 31.0 Å². The molecular weight excluding hydrogens is 243 g/mol. The number of halogens is 3. The first-order valence-electron chi connectivity index (χ1n) is 6.89. The van der Waals surface area contributed by atoms with Crippen LogP contribution in [0.15, 0.2) is 0 Å². The van der Waals surface area contributed by atoms with E-state index in [0.29, 0.717) is 18.9 Å². The van der Waals surface area contributed by atoms with Gasteiger partial charge < -0.3 is 10.1 Å². The standard InChI is InChI=1S/C13H22F3NO/c1-9-8-12(6-7-18-9)17-11-4-2-10(3-5-11)13(14,15)16/h9-12,17H,2-8H2,1H3. The fourth-order valence-corrected chi connectivity index (χ4v) is 3.07. The van der Waals surface area contributed by atoms with Gasteiger partial charge in [0.05, 0.1) is 12.0 Å². The highest BCUT2D eigenvalue weighted by Gasteiger charge is 2.41. The van der Waals surface area contributed by atoms with Crippen molar-refractivity contribution in [2.75, 3.05) is 6.61 Å². The Balaban J connectivity index is 1.73. The third kappa shape index (κ3) is 3.85. The normalized spacial score (nSPS) is 38.7. The van der Waals surface area contributed by atoms with Gasteiger partial charge in [0.25, 0.3) is 0 Å². The van der Waals surface area contributed by atoms with Crippen LogP contribution in [0, 0.1) is 5.92 Å². The lowest BCUT2D eigenvalue weighted by atomic mass is 9.85. The lowest BCUT2D eigenvalue weighted by Crippen LogP contribution is -2.45. The predicted molar refractivity (Wildman–Crippen MR) is 63.4 cm³/mol. The zero-order valence-electron chi connectivity index (χ0n) is 10.8. The maximum absolute atomic E-state index is 12.5. The number of ether oxygens (including phenoxy) is 1. The second-order valence-corrected chi connectivity index (χ2v) is 5.66. The summed E-state index contributed by atoms with van der Waals surface area (Å²) in [5.41, 5.74) is 0. The summed E-state index contributed by atoms with van der Waals surface area (Å²) >= 11 is 0. The van der Waals surface area contributed by atoms with E-state index in [9.17, 15) is 13.2 Å². The molecule has 1 aliphatic heterocycles. The monoisotopic (exact) mass is 265 g/mol. The minimum atomic E-state index is -4.00. The van der Waals surface area contributed by atoms with Crippen molar-refractivity contribution in [2.45, 2.75) is 69.8 Å². The Hall–Kier alpha value is -0.290. The van der Waals surface area contributed by atoms with Gasteiger partial charge in [-0.3, -0.25) is 0 Å². The van der Waals surface area contributed by atoms with Gasteiger partial charge in [-0.05, 0) is 45.4 Å². The van der Waals surface area contributed by atoms with E-state index in [-0.39, 0.29) is 25.0 Å². The Kier molecular flexibility index (Phi) is 4.54. The molecule has 2 aliphatic rings. The molecule has 2 atom stereocenters. The van der Waals surface area contributed by atoms with Crippen LogP contribution in [0.2, 0.25) is 0 Å². The average molecular weight is 265 g/mol. The molecule has 0 aromatic rings. The maximum atomic E-state index is 12.5. The highest BCUT2D eigenvalue weighted by Crippen LogP contribution is 2.37. The molecule has 5 heteroatoms. The van der Waals surface area contributed by atoms with Gasteiger partial charge in [-0.15, -0.1) is 0 Å². The van der Waals surface area contributed by atoms with Crippen molar-refractivity contribution in [1.82, 2.24) is 5.32 Å². The molecule has 2 nitrogen and oxygen atoms in total. The SMILES string of the molecule is CC1CC(NC2CCC(C(F)(F)F)CC2)CCO1. The van der Waals surface area contributed by atoms with E-state index in [1.807, 2.05) is 6.92 Å². The number of rotatable bonds is 2. The largest absolute Gasteiger partial charge is 0.391 e. The van der Waals surface area contributed by atoms with Crippen LogP contribution >= 0.6 is 0 Å². The fourth-order valence-electron chi connectivity index (χ4n) is 3.07. The topological polar surface area (TPSA) is 21.3 Å². The Morgan fingerprint density at radius 3 is 2.22 bits per heavy atom. The lowest BCUT2D eigenvalue weighted by Gasteiger charge is -2.35. The molecule has 0 bridgehead atoms. The van der Waals surface area contributed by atoms with Crippen molar-refractivity contribution in [3.63, 3.8) is 0 Å². The maximum Gasteiger partial charge on any atom is 0.391 e. The van der Waals surface area contributed by atoms with E-state index in [0.717, 1.165) is 19.4 Å². The van der Waals surface area contributed by atoms with E-state index in [1.54, 1.807) is 0 Å². The van der Waals surface area contributed by atoms with Crippen molar-refractivity contribution in [3.05, 3.63) is 0 Å². The van der Waals surface area contributed by atoms with Crippen LogP contribution in [0.1, 0.15) is 45.4 Å². The van der Waals surface area contributed by atoms with Crippen molar-refractivity contribution < 1.29 is 17.9 Å². The van der Waals surface area contributed by atoms with Gasteiger partial charge >= 0.3 is 6.18 Å². The van der Waals surface area contributed by atoms with Gasteiger partial charge in [0.15, 0.2) is 0 Å². The first kappa shape index (κ1) is 14.1. The zero-order chi connectivity index (χ0) is 13.2. The van der Waals surface area contributed by atoms with Crippen LogP contribution in [0.5, 0.6) is 0 Å². The van der Waals surface area contributed by atoms with Gasteiger partial charge in [0, 0.05) is 18.7 Å². The molecule has 1 saturated heterocycles. The van der Waals surface area contributed by atoms with Gasteiger partial charge in [0.2, 0.25) is 0 Å². The average Bonchev–Trinajstić information content (AvgIpc) is 2.28. The highest BCUT2D eigenvalue weighted by atomic mass is 19.4. The minimum absolute atomic E-state index is 0.263. The van der Waals surface area contributed by atoms with Crippen LogP contribution in [-0.2, 0) is 4.74 Å². The van der Waals surface area contributed by atoms with Gasteiger partial charge in [-0.2, -0.15) is 13.2 Å². The molecule has 1 saturated carbocycles. The second-order valence-electron chi connectivity index (χ2n) is 5.66. The van der Waals surface area contributed by atoms with Crippen molar-refractivity contribution in [1.29, 1.82) is 0 Å². The molecule has 2 fully saturated rings. The molecule has 0 amide bonds. The van der Waals surface area contributed by atoms with E-state index in [1.165, 1.54) is 0 Å². The molecule has 1 N–H and O–H groups in total. The number of alkyl halides is 3. The van der Waals surface area contributed by atoms with Crippen molar-refractivity contribution >= 4 is 0 Å². The molecule has 1 heterocycles. The van der Waals surface area contributed by atoms with E-state index in [4.69, 9.17) is 4.74 Å². The van der Waals surface area contributed by atoms with Crippen molar-refractivity contribution in [3.8, 4) is 0 Å². The molecule has 2 rings (SSSR count). The Morgan fingerprint density at radius 1 is 1.00 bits per heavy atom. The molecule has 18 heavy (non-hydrogen) atoms. The summed E-state index contributed by atoms with van der Waals surface area (Å²) in [5.74, 6) is -1.08. The van der Waals surface area contributed by atoms with Gasteiger partial charge in [0.1, 0.15) is 0 Å². The van der Waals surface area contributed by atoms with E-state index < -0.39 is 12.1 Å². The summed E-state index contributed by atoms with van der Waals surface area (Å²) in [4.78, 5) is 0. The lowest BCUT2D eigenvalue weighted by molar-refractivity contribution is -0.182. The molecule has 0 spiro atoms. The van der Waals surface area contributed by atoms with E-state index >= 15 is 0 Å². The molecule has 1 aliphatic carbocycles. The predicted octanol–water partition coefficient (Wildman–Crippen LogP) is 3.26. The summed E-state index contributed by atoms with van der Waals surface area (Å²) in [5, 5.41) is 3.51. The van der Waals surface area contributed by atoms with E-state index in [2.05, 4.69) is 5.32 Å². The first-order chi connectivity index (χ1) is 8.45. The highest BCUT2D eigenvalue weighted by molar-refractivity contribution is 4.84. The molecule has 0 aromatic carbocycles. The number of hydrogen-bond acceptors (Lipinski definition) is 2. The molecular formula is C13H22F3NO. The Labute approximate surface area is 106 Å². The fraction of sp³-hybridized carbons (Fsp3) is 1.00. The quantitative estimate of drug-likeness (QED) is 0.827. The van der Waals surface area contributed by atoms with Crippen LogP contribution in [0.4, 0.5) is 13.2 Å². The molecule has 0 radical (unpaired) electrons. The number of nitrogens with one attached hydrogen (secondary N) is 1. The summed E-state index contributed by atoms with van der Waals surface area (Å²) in [6, 6.07) is 0.681. The summed E-state index contributed by atoms with van der Waals surface area (Å²) in [6.45, 7) is 2.81.